The van der Waals surface area contributed by atoms with Crippen molar-refractivity contribution in [3.63, 3.8) is 0 Å². The summed E-state index contributed by atoms with van der Waals surface area (Å²) < 4.78 is 6.93. The number of aryl methyl sites for hydroxylation is 2. The van der Waals surface area contributed by atoms with Crippen LogP contribution in [-0.2, 0) is 16.2 Å². The molecule has 0 atom stereocenters. The average Bonchev–Trinajstić information content (AvgIpc) is 3.76. The molecule has 0 saturated heterocycles. The van der Waals surface area contributed by atoms with Crippen LogP contribution in [0.5, 0.6) is 0 Å². The molecule has 0 fully saturated rings. The van der Waals surface area contributed by atoms with Gasteiger partial charge in [0.25, 0.3) is 6.71 Å². The van der Waals surface area contributed by atoms with Gasteiger partial charge in [-0.1, -0.05) is 133 Å². The summed E-state index contributed by atoms with van der Waals surface area (Å²) in [6.45, 7) is 21.2. The molecule has 0 radical (unpaired) electrons. The van der Waals surface area contributed by atoms with Crippen molar-refractivity contribution in [2.45, 2.75) is 85.0 Å². The molecule has 0 bridgehead atoms. The second-order valence-corrected chi connectivity index (χ2v) is 21.5. The van der Waals surface area contributed by atoms with E-state index in [9.17, 15) is 0 Å². The molecule has 0 spiro atoms. The molecule has 1 aromatic heterocycles. The van der Waals surface area contributed by atoms with Gasteiger partial charge in [-0.15, -0.1) is 0 Å². The number of nitrogens with zero attached hydrogens (tertiary/aromatic N) is 3. The van der Waals surface area contributed by atoms with E-state index in [1.807, 2.05) is 0 Å². The molecule has 9 aromatic rings. The van der Waals surface area contributed by atoms with Crippen LogP contribution in [-0.4, -0.2) is 6.71 Å². The van der Waals surface area contributed by atoms with Gasteiger partial charge in [-0.05, 0) is 160 Å². The smallest absolute Gasteiger partial charge is 0.252 e. The molecule has 3 heterocycles. The highest BCUT2D eigenvalue weighted by Gasteiger charge is 2.48. The summed E-state index contributed by atoms with van der Waals surface area (Å²) >= 11 is 0. The zero-order chi connectivity index (χ0) is 45.4. The lowest BCUT2D eigenvalue weighted by atomic mass is 9.33. The third-order valence-corrected chi connectivity index (χ3v) is 14.9. The first-order valence-corrected chi connectivity index (χ1v) is 23.7. The number of hydrogen-bond donors (Lipinski definition) is 0. The van der Waals surface area contributed by atoms with E-state index in [0.29, 0.717) is 0 Å². The normalized spacial score (nSPS) is 15.4. The standard InChI is InChI=1S/C61H56BN3O/c1-38-31-54-57-55(32-38)65(52-25-18-24-45-44-23-16-17-26-56(44)66-58(45)52)53-36-47-46(60(6,7)37-61(47,8)9)35-49(53)62(57)48-34-43(63(41-19-12-10-13-20-41)42-21-14-11-15-22-42)28-30-51(48)64(54)50-29-27-40(33-39(50)2)59(3,4)5/h10-36H,37H2,1-9H3. The second kappa shape index (κ2) is 14.3. The maximum Gasteiger partial charge on any atom is 0.252 e. The van der Waals surface area contributed by atoms with Crippen LogP contribution in [0.2, 0.25) is 0 Å². The Morgan fingerprint density at radius 1 is 0.515 bits per heavy atom. The third kappa shape index (κ3) is 6.05. The van der Waals surface area contributed by atoms with E-state index in [1.165, 1.54) is 72.6 Å². The van der Waals surface area contributed by atoms with Crippen LogP contribution in [0.15, 0.2) is 168 Å². The van der Waals surface area contributed by atoms with E-state index in [2.05, 4.69) is 241 Å². The zero-order valence-corrected chi connectivity index (χ0v) is 39.6. The number of rotatable bonds is 5. The number of para-hydroxylation sites is 4. The van der Waals surface area contributed by atoms with Gasteiger partial charge in [-0.25, -0.2) is 0 Å². The van der Waals surface area contributed by atoms with E-state index in [4.69, 9.17) is 4.42 Å². The van der Waals surface area contributed by atoms with Gasteiger partial charge in [0.15, 0.2) is 5.58 Å². The minimum absolute atomic E-state index is 0.000000503. The summed E-state index contributed by atoms with van der Waals surface area (Å²) in [5.74, 6) is 0. The maximum atomic E-state index is 6.93. The molecule has 2 aliphatic heterocycles. The van der Waals surface area contributed by atoms with Crippen molar-refractivity contribution in [2.75, 3.05) is 14.7 Å². The van der Waals surface area contributed by atoms with E-state index < -0.39 is 0 Å². The van der Waals surface area contributed by atoms with Crippen LogP contribution in [0.25, 0.3) is 21.9 Å². The first-order chi connectivity index (χ1) is 31.7. The van der Waals surface area contributed by atoms with Gasteiger partial charge in [0.2, 0.25) is 0 Å². The van der Waals surface area contributed by atoms with E-state index >= 15 is 0 Å². The molecule has 324 valence electrons. The van der Waals surface area contributed by atoms with Crippen LogP contribution in [0.4, 0.5) is 51.2 Å². The van der Waals surface area contributed by atoms with Gasteiger partial charge >= 0.3 is 0 Å². The van der Waals surface area contributed by atoms with Crippen LogP contribution in [0, 0.1) is 13.8 Å². The molecule has 0 saturated carbocycles. The fraction of sp³-hybridized carbons (Fsp3) is 0.213. The molecule has 1 aliphatic carbocycles. The Labute approximate surface area is 390 Å². The molecule has 5 heteroatoms. The molecular formula is C61H56BN3O. The van der Waals surface area contributed by atoms with Crippen molar-refractivity contribution >= 4 is 96.2 Å². The Morgan fingerprint density at radius 3 is 1.77 bits per heavy atom. The highest BCUT2D eigenvalue weighted by molar-refractivity contribution is 7.00. The third-order valence-electron chi connectivity index (χ3n) is 14.9. The summed E-state index contributed by atoms with van der Waals surface area (Å²) in [6.07, 6.45) is 1.08. The number of furan rings is 1. The molecule has 66 heavy (non-hydrogen) atoms. The SMILES string of the molecule is Cc1cc2c3c(c1)N(c1cccc4c1oc1ccccc14)c1cc4c(cc1B3c1cc(N(c3ccccc3)c3ccccc3)ccc1N2c1ccc(C(C)(C)C)cc1C)C(C)(C)CC4(C)C. The van der Waals surface area contributed by atoms with Gasteiger partial charge in [-0.2, -0.15) is 0 Å². The van der Waals surface area contributed by atoms with Crippen molar-refractivity contribution < 1.29 is 4.42 Å². The lowest BCUT2D eigenvalue weighted by Crippen LogP contribution is -2.61. The van der Waals surface area contributed by atoms with E-state index in [0.717, 1.165) is 51.1 Å². The van der Waals surface area contributed by atoms with Gasteiger partial charge in [0.1, 0.15) is 5.58 Å². The predicted molar refractivity (Wildman–Crippen MR) is 281 cm³/mol. The maximum absolute atomic E-state index is 6.93. The van der Waals surface area contributed by atoms with Crippen molar-refractivity contribution in [2.24, 2.45) is 0 Å². The zero-order valence-electron chi connectivity index (χ0n) is 39.6. The summed E-state index contributed by atoms with van der Waals surface area (Å²) in [4.78, 5) is 7.54. The minimum atomic E-state index is -0.0599. The van der Waals surface area contributed by atoms with E-state index in [-0.39, 0.29) is 23.0 Å². The van der Waals surface area contributed by atoms with Crippen molar-refractivity contribution in [1.29, 1.82) is 0 Å². The quantitative estimate of drug-likeness (QED) is 0.161. The Bertz CT molecular complexity index is 3390. The number of fused-ring (bicyclic) bond motifs is 8. The molecule has 8 aromatic carbocycles. The summed E-state index contributed by atoms with van der Waals surface area (Å²) in [6, 6.07) is 61.2. The summed E-state index contributed by atoms with van der Waals surface area (Å²) in [5.41, 5.74) is 22.9. The van der Waals surface area contributed by atoms with Crippen LogP contribution in [0.1, 0.15) is 82.7 Å². The van der Waals surface area contributed by atoms with Gasteiger partial charge in [0.05, 0.1) is 5.69 Å². The second-order valence-electron chi connectivity index (χ2n) is 21.5. The molecule has 12 rings (SSSR count). The molecule has 3 aliphatic rings. The first kappa shape index (κ1) is 40.5. The van der Waals surface area contributed by atoms with Gasteiger partial charge < -0.3 is 19.1 Å². The highest BCUT2D eigenvalue weighted by atomic mass is 16.3. The van der Waals surface area contributed by atoms with Gasteiger partial charge in [-0.3, -0.25) is 0 Å². The molecule has 0 unspecified atom stereocenters. The fourth-order valence-electron chi connectivity index (χ4n) is 12.1. The molecule has 0 N–H and O–H groups in total. The number of hydrogen-bond acceptors (Lipinski definition) is 4. The predicted octanol–water partition coefficient (Wildman–Crippen LogP) is 15.0. The summed E-state index contributed by atoms with van der Waals surface area (Å²) in [7, 11) is 0. The topological polar surface area (TPSA) is 22.9 Å². The van der Waals surface area contributed by atoms with Crippen LogP contribution in [0.3, 0.4) is 0 Å². The van der Waals surface area contributed by atoms with E-state index in [1.54, 1.807) is 0 Å². The molecule has 4 nitrogen and oxygen atoms in total. The van der Waals surface area contributed by atoms with Gasteiger partial charge in [0, 0.05) is 56.3 Å². The Balaban J connectivity index is 1.20. The Hall–Kier alpha value is -6.98. The number of anilines is 9. The van der Waals surface area contributed by atoms with Crippen molar-refractivity contribution in [3.05, 3.63) is 192 Å². The average molecular weight is 858 g/mol. The fourth-order valence-corrected chi connectivity index (χ4v) is 12.1. The lowest BCUT2D eigenvalue weighted by Gasteiger charge is -2.45. The highest BCUT2D eigenvalue weighted by Crippen LogP contribution is 2.54. The Morgan fingerprint density at radius 2 is 1.11 bits per heavy atom. The molecule has 0 amide bonds. The first-order valence-electron chi connectivity index (χ1n) is 23.7. The minimum Gasteiger partial charge on any atom is -0.454 e. The van der Waals surface area contributed by atoms with Crippen molar-refractivity contribution in [1.82, 2.24) is 0 Å². The lowest BCUT2D eigenvalue weighted by molar-refractivity contribution is 0.403. The summed E-state index contributed by atoms with van der Waals surface area (Å²) in [5, 5.41) is 2.26. The van der Waals surface area contributed by atoms with Crippen LogP contribution >= 0.6 is 0 Å². The number of benzene rings is 8. The largest absolute Gasteiger partial charge is 0.454 e. The molecular weight excluding hydrogens is 802 g/mol. The monoisotopic (exact) mass is 857 g/mol. The Kier molecular flexibility index (Phi) is 8.76. The van der Waals surface area contributed by atoms with Crippen molar-refractivity contribution in [3.8, 4) is 0 Å². The van der Waals surface area contributed by atoms with Crippen LogP contribution < -0.4 is 31.1 Å².